The summed E-state index contributed by atoms with van der Waals surface area (Å²) in [5.41, 5.74) is 1.07. The van der Waals surface area contributed by atoms with Gasteiger partial charge in [0.25, 0.3) is 0 Å². The van der Waals surface area contributed by atoms with Gasteiger partial charge in [-0.1, -0.05) is 6.07 Å². The van der Waals surface area contributed by atoms with Gasteiger partial charge in [0.2, 0.25) is 0 Å². The second kappa shape index (κ2) is 5.73. The molecule has 2 rings (SSSR count). The van der Waals surface area contributed by atoms with E-state index in [0.29, 0.717) is 0 Å². The molecule has 0 aliphatic heterocycles. The Kier molecular flexibility index (Phi) is 4.04. The molecule has 0 saturated heterocycles. The summed E-state index contributed by atoms with van der Waals surface area (Å²) in [6.07, 6.45) is 3.44. The number of aromatic nitrogens is 4. The summed E-state index contributed by atoms with van der Waals surface area (Å²) in [6.45, 7) is 5.84. The fraction of sp³-hybridized carbons (Fsp3) is 0.462. The molecule has 0 aromatic carbocycles. The van der Waals surface area contributed by atoms with Crippen molar-refractivity contribution in [1.82, 2.24) is 24.6 Å². The Morgan fingerprint density at radius 3 is 2.83 bits per heavy atom. The Morgan fingerprint density at radius 2 is 2.17 bits per heavy atom. The Hall–Kier alpha value is -1.75. The molecule has 5 nitrogen and oxygen atoms in total. The van der Waals surface area contributed by atoms with E-state index in [2.05, 4.69) is 40.9 Å². The number of nitrogens with zero attached hydrogens (tertiary/aromatic N) is 5. The first-order chi connectivity index (χ1) is 8.72. The molecule has 2 heterocycles. The third-order valence-electron chi connectivity index (χ3n) is 3.16. The number of aryl methyl sites for hydroxylation is 1. The summed E-state index contributed by atoms with van der Waals surface area (Å²) in [5, 5.41) is 4.18. The van der Waals surface area contributed by atoms with Gasteiger partial charge in [0.1, 0.15) is 12.2 Å². The van der Waals surface area contributed by atoms with Crippen LogP contribution in [-0.2, 0) is 13.1 Å². The van der Waals surface area contributed by atoms with Crippen molar-refractivity contribution in [3.8, 4) is 0 Å². The van der Waals surface area contributed by atoms with E-state index in [1.165, 1.54) is 0 Å². The first kappa shape index (κ1) is 12.7. The normalized spacial score (nSPS) is 12.9. The highest BCUT2D eigenvalue weighted by molar-refractivity contribution is 5.08. The Morgan fingerprint density at radius 1 is 1.33 bits per heavy atom. The lowest BCUT2D eigenvalue weighted by Gasteiger charge is -2.23. The molecule has 96 valence electrons. The molecule has 5 heteroatoms. The first-order valence-electron chi connectivity index (χ1n) is 6.20. The maximum Gasteiger partial charge on any atom is 0.141 e. The van der Waals surface area contributed by atoms with Gasteiger partial charge in [-0.3, -0.25) is 9.88 Å². The molecule has 18 heavy (non-hydrogen) atoms. The van der Waals surface area contributed by atoms with Gasteiger partial charge < -0.3 is 0 Å². The molecular weight excluding hydrogens is 226 g/mol. The molecule has 0 aliphatic rings. The third kappa shape index (κ3) is 2.73. The number of rotatable bonds is 5. The molecule has 1 unspecified atom stereocenters. The number of hydrogen-bond acceptors (Lipinski definition) is 4. The van der Waals surface area contributed by atoms with Crippen molar-refractivity contribution in [3.05, 3.63) is 42.2 Å². The van der Waals surface area contributed by atoms with Crippen molar-refractivity contribution in [2.45, 2.75) is 33.0 Å². The molecule has 1 atom stereocenters. The SMILES string of the molecule is CCn1ncnc1CN(C)C(C)c1ccccn1. The van der Waals surface area contributed by atoms with E-state index in [9.17, 15) is 0 Å². The predicted molar refractivity (Wildman–Crippen MR) is 69.8 cm³/mol. The molecule has 0 bridgehead atoms. The van der Waals surface area contributed by atoms with Crippen molar-refractivity contribution in [1.29, 1.82) is 0 Å². The average molecular weight is 245 g/mol. The largest absolute Gasteiger partial charge is 0.291 e. The highest BCUT2D eigenvalue weighted by atomic mass is 15.3. The molecule has 0 N–H and O–H groups in total. The summed E-state index contributed by atoms with van der Waals surface area (Å²) in [6, 6.07) is 6.25. The Labute approximate surface area is 107 Å². The lowest BCUT2D eigenvalue weighted by molar-refractivity contribution is 0.238. The van der Waals surface area contributed by atoms with Crippen molar-refractivity contribution in [2.75, 3.05) is 7.05 Å². The molecule has 0 fully saturated rings. The number of pyridine rings is 1. The third-order valence-corrected chi connectivity index (χ3v) is 3.16. The fourth-order valence-corrected chi connectivity index (χ4v) is 1.88. The molecule has 2 aromatic heterocycles. The van der Waals surface area contributed by atoms with Gasteiger partial charge in [0.05, 0.1) is 12.2 Å². The Balaban J connectivity index is 2.06. The summed E-state index contributed by atoms with van der Waals surface area (Å²) < 4.78 is 1.92. The second-order valence-electron chi connectivity index (χ2n) is 4.34. The smallest absolute Gasteiger partial charge is 0.141 e. The summed E-state index contributed by atoms with van der Waals surface area (Å²) in [7, 11) is 2.08. The highest BCUT2D eigenvalue weighted by Crippen LogP contribution is 2.17. The Bertz CT molecular complexity index is 479. The van der Waals surface area contributed by atoms with E-state index < -0.39 is 0 Å². The minimum Gasteiger partial charge on any atom is -0.291 e. The van der Waals surface area contributed by atoms with Gasteiger partial charge in [-0.25, -0.2) is 9.67 Å². The number of hydrogen-bond donors (Lipinski definition) is 0. The van der Waals surface area contributed by atoms with Crippen LogP contribution in [0.4, 0.5) is 0 Å². The maximum atomic E-state index is 4.39. The lowest BCUT2D eigenvalue weighted by Crippen LogP contribution is -2.24. The van der Waals surface area contributed by atoms with E-state index in [-0.39, 0.29) is 6.04 Å². The van der Waals surface area contributed by atoms with Crippen molar-refractivity contribution >= 4 is 0 Å². The minimum atomic E-state index is 0.258. The van der Waals surface area contributed by atoms with Crippen LogP contribution in [0.2, 0.25) is 0 Å². The summed E-state index contributed by atoms with van der Waals surface area (Å²) in [5.74, 6) is 0.989. The average Bonchev–Trinajstić information content (AvgIpc) is 2.86. The van der Waals surface area contributed by atoms with Gasteiger partial charge in [-0.05, 0) is 33.0 Å². The monoisotopic (exact) mass is 245 g/mol. The quantitative estimate of drug-likeness (QED) is 0.807. The zero-order valence-electron chi connectivity index (χ0n) is 11.1. The molecule has 0 saturated carbocycles. The van der Waals surface area contributed by atoms with Gasteiger partial charge >= 0.3 is 0 Å². The van der Waals surface area contributed by atoms with Crippen LogP contribution in [0.15, 0.2) is 30.7 Å². The van der Waals surface area contributed by atoms with Gasteiger partial charge in [-0.15, -0.1) is 0 Å². The van der Waals surface area contributed by atoms with E-state index in [1.54, 1.807) is 6.33 Å². The summed E-state index contributed by atoms with van der Waals surface area (Å²) in [4.78, 5) is 10.9. The first-order valence-corrected chi connectivity index (χ1v) is 6.20. The summed E-state index contributed by atoms with van der Waals surface area (Å²) >= 11 is 0. The lowest BCUT2D eigenvalue weighted by atomic mass is 10.2. The van der Waals surface area contributed by atoms with Crippen LogP contribution in [0.1, 0.15) is 31.4 Å². The van der Waals surface area contributed by atoms with Gasteiger partial charge in [0.15, 0.2) is 0 Å². The van der Waals surface area contributed by atoms with Crippen molar-refractivity contribution in [2.24, 2.45) is 0 Å². The van der Waals surface area contributed by atoms with Crippen LogP contribution >= 0.6 is 0 Å². The predicted octanol–water partition coefficient (Wildman–Crippen LogP) is 1.89. The topological polar surface area (TPSA) is 46.8 Å². The molecular formula is C13H19N5. The van der Waals surface area contributed by atoms with Crippen molar-refractivity contribution < 1.29 is 0 Å². The molecule has 0 spiro atoms. The molecule has 0 aliphatic carbocycles. The molecule has 2 aromatic rings. The van der Waals surface area contributed by atoms with E-state index in [0.717, 1.165) is 24.6 Å². The van der Waals surface area contributed by atoms with E-state index >= 15 is 0 Å². The van der Waals surface area contributed by atoms with E-state index in [4.69, 9.17) is 0 Å². The highest BCUT2D eigenvalue weighted by Gasteiger charge is 2.15. The molecule has 0 amide bonds. The van der Waals surface area contributed by atoms with Crippen molar-refractivity contribution in [3.63, 3.8) is 0 Å². The van der Waals surface area contributed by atoms with Crippen LogP contribution in [0.25, 0.3) is 0 Å². The zero-order chi connectivity index (χ0) is 13.0. The second-order valence-corrected chi connectivity index (χ2v) is 4.34. The zero-order valence-corrected chi connectivity index (χ0v) is 11.1. The minimum absolute atomic E-state index is 0.258. The van der Waals surface area contributed by atoms with Crippen LogP contribution in [-0.4, -0.2) is 31.7 Å². The van der Waals surface area contributed by atoms with Crippen LogP contribution in [0.5, 0.6) is 0 Å². The van der Waals surface area contributed by atoms with Gasteiger partial charge in [0, 0.05) is 18.8 Å². The van der Waals surface area contributed by atoms with Crippen LogP contribution in [0.3, 0.4) is 0 Å². The standard InChI is InChI=1S/C13H19N5/c1-4-18-13(15-10-16-18)9-17(3)11(2)12-7-5-6-8-14-12/h5-8,10-11H,4,9H2,1-3H3. The maximum absolute atomic E-state index is 4.39. The van der Waals surface area contributed by atoms with Crippen LogP contribution < -0.4 is 0 Å². The molecule has 0 radical (unpaired) electrons. The van der Waals surface area contributed by atoms with E-state index in [1.807, 2.05) is 29.1 Å². The fourth-order valence-electron chi connectivity index (χ4n) is 1.88. The van der Waals surface area contributed by atoms with Gasteiger partial charge in [-0.2, -0.15) is 5.10 Å². The van der Waals surface area contributed by atoms with Crippen LogP contribution in [0, 0.1) is 0 Å².